The van der Waals surface area contributed by atoms with Crippen molar-refractivity contribution < 1.29 is 5.11 Å². The molecule has 18 heavy (non-hydrogen) atoms. The molecule has 1 fully saturated rings. The van der Waals surface area contributed by atoms with Gasteiger partial charge in [0, 0.05) is 12.6 Å². The second kappa shape index (κ2) is 6.35. The molecule has 0 aromatic heterocycles. The van der Waals surface area contributed by atoms with Gasteiger partial charge < -0.3 is 10.4 Å². The van der Waals surface area contributed by atoms with Crippen LogP contribution in [0, 0.1) is 11.8 Å². The molecule has 1 aromatic carbocycles. The van der Waals surface area contributed by atoms with Crippen molar-refractivity contribution in [2.45, 2.75) is 52.3 Å². The molecule has 1 aromatic rings. The molecule has 2 heteroatoms. The highest BCUT2D eigenvalue weighted by Crippen LogP contribution is 2.29. The molecule has 0 heterocycles. The first-order valence-corrected chi connectivity index (χ1v) is 7.12. The van der Waals surface area contributed by atoms with Crippen molar-refractivity contribution in [2.75, 3.05) is 0 Å². The van der Waals surface area contributed by atoms with Crippen LogP contribution in [0.4, 0.5) is 0 Å². The zero-order chi connectivity index (χ0) is 13.0. The molecule has 2 unspecified atom stereocenters. The molecule has 2 rings (SSSR count). The van der Waals surface area contributed by atoms with E-state index in [4.69, 9.17) is 5.11 Å². The lowest BCUT2D eigenvalue weighted by molar-refractivity contribution is 0.207. The molecule has 2 nitrogen and oxygen atoms in total. The van der Waals surface area contributed by atoms with Gasteiger partial charge in [0.1, 0.15) is 0 Å². The van der Waals surface area contributed by atoms with Crippen molar-refractivity contribution in [2.24, 2.45) is 11.8 Å². The number of benzene rings is 1. The summed E-state index contributed by atoms with van der Waals surface area (Å²) in [6.45, 7) is 5.76. The van der Waals surface area contributed by atoms with Gasteiger partial charge in [-0.3, -0.25) is 0 Å². The standard InChI is InChI=1S/C16H25NO/c1-12-5-3-6-13(2)16(12)17-10-14-7-4-8-15(9-14)11-18/h4,7-9,12-13,16-18H,3,5-6,10-11H2,1-2H3. The van der Waals surface area contributed by atoms with Crippen molar-refractivity contribution in [3.63, 3.8) is 0 Å². The largest absolute Gasteiger partial charge is 0.392 e. The number of hydrogen-bond acceptors (Lipinski definition) is 2. The predicted molar refractivity (Wildman–Crippen MR) is 75.2 cm³/mol. The van der Waals surface area contributed by atoms with Gasteiger partial charge in [-0.25, -0.2) is 0 Å². The van der Waals surface area contributed by atoms with E-state index in [1.165, 1.54) is 24.8 Å². The van der Waals surface area contributed by atoms with E-state index < -0.39 is 0 Å². The van der Waals surface area contributed by atoms with Gasteiger partial charge in [0.2, 0.25) is 0 Å². The maximum absolute atomic E-state index is 9.14. The summed E-state index contributed by atoms with van der Waals surface area (Å²) in [6, 6.07) is 8.85. The first kappa shape index (κ1) is 13.6. The predicted octanol–water partition coefficient (Wildman–Crippen LogP) is 3.09. The maximum Gasteiger partial charge on any atom is 0.0681 e. The molecule has 0 bridgehead atoms. The molecule has 1 aliphatic carbocycles. The Morgan fingerprint density at radius 2 is 1.83 bits per heavy atom. The minimum absolute atomic E-state index is 0.129. The van der Waals surface area contributed by atoms with Crippen LogP contribution in [0.1, 0.15) is 44.2 Å². The van der Waals surface area contributed by atoms with E-state index in [0.29, 0.717) is 6.04 Å². The maximum atomic E-state index is 9.14. The lowest BCUT2D eigenvalue weighted by atomic mass is 9.78. The SMILES string of the molecule is CC1CCCC(C)C1NCc1cccc(CO)c1. The molecule has 1 saturated carbocycles. The number of rotatable bonds is 4. The molecule has 0 radical (unpaired) electrons. The van der Waals surface area contributed by atoms with Crippen LogP contribution in [0.25, 0.3) is 0 Å². The molecular formula is C16H25NO. The average molecular weight is 247 g/mol. The smallest absolute Gasteiger partial charge is 0.0681 e. The summed E-state index contributed by atoms with van der Waals surface area (Å²) >= 11 is 0. The molecule has 1 aliphatic rings. The van der Waals surface area contributed by atoms with Crippen LogP contribution < -0.4 is 5.32 Å². The molecule has 100 valence electrons. The van der Waals surface area contributed by atoms with Crippen molar-refractivity contribution in [3.8, 4) is 0 Å². The van der Waals surface area contributed by atoms with Gasteiger partial charge in [0.05, 0.1) is 6.61 Å². The Morgan fingerprint density at radius 1 is 1.17 bits per heavy atom. The quantitative estimate of drug-likeness (QED) is 0.857. The summed E-state index contributed by atoms with van der Waals surface area (Å²) in [5, 5.41) is 12.8. The Balaban J connectivity index is 1.93. The average Bonchev–Trinajstić information content (AvgIpc) is 2.38. The number of aliphatic hydroxyl groups is 1. The van der Waals surface area contributed by atoms with Crippen LogP contribution >= 0.6 is 0 Å². The van der Waals surface area contributed by atoms with Crippen LogP contribution in [-0.2, 0) is 13.2 Å². The van der Waals surface area contributed by atoms with Crippen LogP contribution in [0.2, 0.25) is 0 Å². The summed E-state index contributed by atoms with van der Waals surface area (Å²) in [5.41, 5.74) is 2.27. The molecule has 0 amide bonds. The van der Waals surface area contributed by atoms with Crippen molar-refractivity contribution in [1.29, 1.82) is 0 Å². The molecule has 0 spiro atoms. The third kappa shape index (κ3) is 3.33. The fourth-order valence-electron chi connectivity index (χ4n) is 3.16. The topological polar surface area (TPSA) is 32.3 Å². The highest BCUT2D eigenvalue weighted by molar-refractivity contribution is 5.22. The highest BCUT2D eigenvalue weighted by Gasteiger charge is 2.26. The van der Waals surface area contributed by atoms with E-state index in [-0.39, 0.29) is 6.61 Å². The van der Waals surface area contributed by atoms with E-state index in [1.54, 1.807) is 0 Å². The number of nitrogens with one attached hydrogen (secondary N) is 1. The van der Waals surface area contributed by atoms with Crippen LogP contribution in [0.15, 0.2) is 24.3 Å². The molecule has 2 atom stereocenters. The molecular weight excluding hydrogens is 222 g/mol. The molecule has 0 aliphatic heterocycles. The van der Waals surface area contributed by atoms with E-state index in [0.717, 1.165) is 23.9 Å². The first-order valence-electron chi connectivity index (χ1n) is 7.12. The van der Waals surface area contributed by atoms with Gasteiger partial charge >= 0.3 is 0 Å². The van der Waals surface area contributed by atoms with Crippen molar-refractivity contribution >= 4 is 0 Å². The summed E-state index contributed by atoms with van der Waals surface area (Å²) in [7, 11) is 0. The van der Waals surface area contributed by atoms with Crippen LogP contribution in [-0.4, -0.2) is 11.1 Å². The lowest BCUT2D eigenvalue weighted by Gasteiger charge is -2.35. The number of aliphatic hydroxyl groups excluding tert-OH is 1. The Morgan fingerprint density at radius 3 is 2.50 bits per heavy atom. The normalized spacial score (nSPS) is 28.3. The fourth-order valence-corrected chi connectivity index (χ4v) is 3.16. The summed E-state index contributed by atoms with van der Waals surface area (Å²) in [4.78, 5) is 0. The summed E-state index contributed by atoms with van der Waals surface area (Å²) in [5.74, 6) is 1.55. The van der Waals surface area contributed by atoms with Crippen molar-refractivity contribution in [1.82, 2.24) is 5.32 Å². The highest BCUT2D eigenvalue weighted by atomic mass is 16.3. The Hall–Kier alpha value is -0.860. The third-order valence-corrected chi connectivity index (χ3v) is 4.26. The zero-order valence-electron chi connectivity index (χ0n) is 11.5. The molecule has 0 saturated heterocycles. The van der Waals surface area contributed by atoms with Gasteiger partial charge in [-0.1, -0.05) is 44.5 Å². The number of hydrogen-bond donors (Lipinski definition) is 2. The monoisotopic (exact) mass is 247 g/mol. The van der Waals surface area contributed by atoms with Gasteiger partial charge in [-0.15, -0.1) is 0 Å². The van der Waals surface area contributed by atoms with E-state index in [2.05, 4.69) is 31.3 Å². The van der Waals surface area contributed by atoms with Crippen LogP contribution in [0.5, 0.6) is 0 Å². The third-order valence-electron chi connectivity index (χ3n) is 4.26. The van der Waals surface area contributed by atoms with Gasteiger partial charge in [0.15, 0.2) is 0 Å². The van der Waals surface area contributed by atoms with E-state index >= 15 is 0 Å². The zero-order valence-corrected chi connectivity index (χ0v) is 11.5. The summed E-state index contributed by atoms with van der Waals surface area (Å²) in [6.07, 6.45) is 4.07. The fraction of sp³-hybridized carbons (Fsp3) is 0.625. The Bertz CT molecular complexity index is 367. The second-order valence-corrected chi connectivity index (χ2v) is 5.77. The van der Waals surface area contributed by atoms with E-state index in [9.17, 15) is 0 Å². The molecule has 2 N–H and O–H groups in total. The van der Waals surface area contributed by atoms with Gasteiger partial charge in [-0.2, -0.15) is 0 Å². The van der Waals surface area contributed by atoms with Crippen molar-refractivity contribution in [3.05, 3.63) is 35.4 Å². The minimum Gasteiger partial charge on any atom is -0.392 e. The lowest BCUT2D eigenvalue weighted by Crippen LogP contribution is -2.42. The van der Waals surface area contributed by atoms with E-state index in [1.807, 2.05) is 12.1 Å². The van der Waals surface area contributed by atoms with Crippen LogP contribution in [0.3, 0.4) is 0 Å². The van der Waals surface area contributed by atoms with Gasteiger partial charge in [-0.05, 0) is 35.8 Å². The Labute approximate surface area is 110 Å². The second-order valence-electron chi connectivity index (χ2n) is 5.77. The van der Waals surface area contributed by atoms with Gasteiger partial charge in [0.25, 0.3) is 0 Å². The Kier molecular flexibility index (Phi) is 4.79. The minimum atomic E-state index is 0.129. The first-order chi connectivity index (χ1) is 8.70. The summed E-state index contributed by atoms with van der Waals surface area (Å²) < 4.78 is 0.